The lowest BCUT2D eigenvalue weighted by molar-refractivity contribution is -0.139. The van der Waals surface area contributed by atoms with Gasteiger partial charge < -0.3 is 14.8 Å². The second-order valence-corrected chi connectivity index (χ2v) is 9.06. The number of anilines is 1. The summed E-state index contributed by atoms with van der Waals surface area (Å²) >= 11 is 1.16. The van der Waals surface area contributed by atoms with Gasteiger partial charge in [-0.3, -0.25) is 9.59 Å². The molecule has 1 aromatic rings. The maximum atomic E-state index is 12.7. The highest BCUT2D eigenvalue weighted by Gasteiger charge is 2.26. The van der Waals surface area contributed by atoms with Gasteiger partial charge in [0.25, 0.3) is 0 Å². The van der Waals surface area contributed by atoms with E-state index in [1.807, 2.05) is 0 Å². The number of amides is 1. The molecule has 0 aliphatic carbocycles. The topological polar surface area (TPSA) is 102 Å². The molecule has 1 saturated heterocycles. The summed E-state index contributed by atoms with van der Waals surface area (Å²) in [7, 11) is -3.63. The van der Waals surface area contributed by atoms with E-state index in [0.29, 0.717) is 38.6 Å². The average molecular weight is 417 g/mol. The van der Waals surface area contributed by atoms with Crippen molar-refractivity contribution in [2.45, 2.75) is 24.0 Å². The third-order valence-electron chi connectivity index (χ3n) is 3.84. The first-order chi connectivity index (χ1) is 12.8. The van der Waals surface area contributed by atoms with Crippen LogP contribution in [0.3, 0.4) is 0 Å². The second-order valence-electron chi connectivity index (χ2n) is 5.79. The lowest BCUT2D eigenvalue weighted by Gasteiger charge is -2.26. The van der Waals surface area contributed by atoms with Crippen molar-refractivity contribution in [3.63, 3.8) is 0 Å². The van der Waals surface area contributed by atoms with Gasteiger partial charge in [-0.15, -0.1) is 11.8 Å². The van der Waals surface area contributed by atoms with Crippen molar-refractivity contribution in [1.29, 1.82) is 0 Å². The Bertz CT molecular complexity index is 762. The van der Waals surface area contributed by atoms with Gasteiger partial charge in [0.2, 0.25) is 15.9 Å². The number of sulfonamides is 1. The number of hydrogen-bond acceptors (Lipinski definition) is 7. The summed E-state index contributed by atoms with van der Waals surface area (Å²) in [5.41, 5.74) is 0.387. The van der Waals surface area contributed by atoms with E-state index in [1.54, 1.807) is 26.0 Å². The zero-order valence-corrected chi connectivity index (χ0v) is 17.0. The summed E-state index contributed by atoms with van der Waals surface area (Å²) in [6, 6.07) is 6.14. The molecular weight excluding hydrogens is 392 g/mol. The first kappa shape index (κ1) is 21.7. The van der Waals surface area contributed by atoms with E-state index in [4.69, 9.17) is 9.47 Å². The molecule has 1 N–H and O–H groups in total. The second kappa shape index (κ2) is 10.1. The number of benzene rings is 1. The molecule has 1 amide bonds. The monoisotopic (exact) mass is 416 g/mol. The Balaban J connectivity index is 2.00. The van der Waals surface area contributed by atoms with Crippen LogP contribution in [0.25, 0.3) is 0 Å². The van der Waals surface area contributed by atoms with Crippen LogP contribution in [0.4, 0.5) is 5.69 Å². The number of thioether (sulfide) groups is 1. The number of rotatable bonds is 8. The lowest BCUT2D eigenvalue weighted by Crippen LogP contribution is -2.40. The smallest absolute Gasteiger partial charge is 0.315 e. The minimum absolute atomic E-state index is 0.0773. The minimum atomic E-state index is -3.63. The first-order valence-corrected chi connectivity index (χ1v) is 11.1. The van der Waals surface area contributed by atoms with Crippen molar-refractivity contribution in [3.8, 4) is 0 Å². The molecule has 1 atom stereocenters. The molecule has 10 heteroatoms. The third kappa shape index (κ3) is 6.20. The van der Waals surface area contributed by atoms with Gasteiger partial charge in [-0.1, -0.05) is 6.07 Å². The Hall–Kier alpha value is -1.62. The van der Waals surface area contributed by atoms with E-state index in [1.165, 1.54) is 16.4 Å². The van der Waals surface area contributed by atoms with Gasteiger partial charge in [0.1, 0.15) is 0 Å². The zero-order valence-electron chi connectivity index (χ0n) is 15.3. The Labute approximate surface area is 163 Å². The highest BCUT2D eigenvalue weighted by Crippen LogP contribution is 2.21. The number of ether oxygens (including phenoxy) is 2. The van der Waals surface area contributed by atoms with Crippen LogP contribution in [-0.4, -0.2) is 68.5 Å². The van der Waals surface area contributed by atoms with Crippen molar-refractivity contribution >= 4 is 39.3 Å². The van der Waals surface area contributed by atoms with Crippen LogP contribution in [0.2, 0.25) is 0 Å². The van der Waals surface area contributed by atoms with Gasteiger partial charge in [-0.05, 0) is 32.0 Å². The van der Waals surface area contributed by atoms with Crippen molar-refractivity contribution in [2.75, 3.05) is 44.0 Å². The van der Waals surface area contributed by atoms with Crippen molar-refractivity contribution in [3.05, 3.63) is 24.3 Å². The fourth-order valence-electron chi connectivity index (χ4n) is 2.39. The van der Waals surface area contributed by atoms with Crippen molar-refractivity contribution in [2.24, 2.45) is 0 Å². The first-order valence-electron chi connectivity index (χ1n) is 8.60. The lowest BCUT2D eigenvalue weighted by atomic mass is 10.3. The molecule has 1 aliphatic rings. The van der Waals surface area contributed by atoms with Gasteiger partial charge in [0, 0.05) is 18.8 Å². The molecule has 150 valence electrons. The number of carbonyl (C=O) groups is 2. The Morgan fingerprint density at radius 1 is 1.33 bits per heavy atom. The van der Waals surface area contributed by atoms with Crippen LogP contribution < -0.4 is 5.32 Å². The minimum Gasteiger partial charge on any atom is -0.465 e. The number of carbonyl (C=O) groups excluding carboxylic acids is 2. The van der Waals surface area contributed by atoms with Crippen LogP contribution in [0.5, 0.6) is 0 Å². The molecule has 27 heavy (non-hydrogen) atoms. The van der Waals surface area contributed by atoms with Gasteiger partial charge in [-0.2, -0.15) is 4.31 Å². The van der Waals surface area contributed by atoms with E-state index in [-0.39, 0.29) is 22.5 Å². The molecule has 0 unspecified atom stereocenters. The van der Waals surface area contributed by atoms with Crippen molar-refractivity contribution in [1.82, 2.24) is 4.31 Å². The van der Waals surface area contributed by atoms with Gasteiger partial charge in [0.05, 0.1) is 35.7 Å². The van der Waals surface area contributed by atoms with E-state index >= 15 is 0 Å². The summed E-state index contributed by atoms with van der Waals surface area (Å²) < 4.78 is 36.8. The summed E-state index contributed by atoms with van der Waals surface area (Å²) in [5.74, 6) is -0.612. The molecule has 0 spiro atoms. The average Bonchev–Trinajstić information content (AvgIpc) is 2.67. The van der Waals surface area contributed by atoms with Crippen LogP contribution in [-0.2, 0) is 29.1 Å². The Morgan fingerprint density at radius 3 is 2.70 bits per heavy atom. The molecule has 0 bridgehead atoms. The maximum absolute atomic E-state index is 12.7. The molecule has 1 heterocycles. The highest BCUT2D eigenvalue weighted by molar-refractivity contribution is 8.01. The number of nitrogens with zero attached hydrogens (tertiary/aromatic N) is 1. The van der Waals surface area contributed by atoms with Crippen LogP contribution in [0.1, 0.15) is 13.8 Å². The predicted molar refractivity (Wildman–Crippen MR) is 103 cm³/mol. The standard InChI is InChI=1S/C17H24N2O6S2/c1-3-25-16(20)12-26-13(2)17(21)18-14-5-4-6-15(11-14)27(22,23)19-7-9-24-10-8-19/h4-6,11,13H,3,7-10,12H2,1-2H3,(H,18,21)/t13-/m1/s1. The number of morpholine rings is 1. The largest absolute Gasteiger partial charge is 0.465 e. The summed E-state index contributed by atoms with van der Waals surface area (Å²) in [6.07, 6.45) is 0. The summed E-state index contributed by atoms with van der Waals surface area (Å²) in [4.78, 5) is 23.8. The quantitative estimate of drug-likeness (QED) is 0.638. The molecule has 0 radical (unpaired) electrons. The van der Waals surface area contributed by atoms with Crippen LogP contribution in [0, 0.1) is 0 Å². The number of esters is 1. The maximum Gasteiger partial charge on any atom is 0.315 e. The van der Waals surface area contributed by atoms with Gasteiger partial charge in [-0.25, -0.2) is 8.42 Å². The highest BCUT2D eigenvalue weighted by atomic mass is 32.2. The van der Waals surface area contributed by atoms with E-state index < -0.39 is 15.3 Å². The summed E-state index contributed by atoms with van der Waals surface area (Å²) in [6.45, 7) is 5.03. The number of nitrogens with one attached hydrogen (secondary N) is 1. The van der Waals surface area contributed by atoms with Crippen LogP contribution in [0.15, 0.2) is 29.2 Å². The Morgan fingerprint density at radius 2 is 2.04 bits per heavy atom. The van der Waals surface area contributed by atoms with Gasteiger partial charge >= 0.3 is 5.97 Å². The van der Waals surface area contributed by atoms with E-state index in [0.717, 1.165) is 11.8 Å². The van der Waals surface area contributed by atoms with Crippen molar-refractivity contribution < 1.29 is 27.5 Å². The third-order valence-corrected chi connectivity index (χ3v) is 6.85. The molecular formula is C17H24N2O6S2. The fraction of sp³-hybridized carbons (Fsp3) is 0.529. The molecule has 0 aromatic heterocycles. The molecule has 2 rings (SSSR count). The zero-order chi connectivity index (χ0) is 19.9. The van der Waals surface area contributed by atoms with E-state index in [9.17, 15) is 18.0 Å². The molecule has 8 nitrogen and oxygen atoms in total. The molecule has 1 aliphatic heterocycles. The molecule has 1 fully saturated rings. The van der Waals surface area contributed by atoms with E-state index in [2.05, 4.69) is 5.32 Å². The summed E-state index contributed by atoms with van der Waals surface area (Å²) in [5, 5.41) is 2.20. The van der Waals surface area contributed by atoms with Gasteiger partial charge in [0.15, 0.2) is 0 Å². The normalized spacial score (nSPS) is 16.5. The SMILES string of the molecule is CCOC(=O)CS[C@H](C)C(=O)Nc1cccc(S(=O)(=O)N2CCOCC2)c1. The Kier molecular flexibility index (Phi) is 8.08. The van der Waals surface area contributed by atoms with Crippen LogP contribution >= 0.6 is 11.8 Å². The molecule has 0 saturated carbocycles. The number of hydrogen-bond donors (Lipinski definition) is 1. The molecule has 1 aromatic carbocycles. The fourth-order valence-corrected chi connectivity index (χ4v) is 4.52. The predicted octanol–water partition coefficient (Wildman–Crippen LogP) is 1.33.